The lowest BCUT2D eigenvalue weighted by atomic mass is 9.97. The molecule has 0 aromatic heterocycles. The van der Waals surface area contributed by atoms with Crippen LogP contribution in [0.15, 0.2) is 5.18 Å². The van der Waals surface area contributed by atoms with Gasteiger partial charge in [0.25, 0.3) is 0 Å². The van der Waals surface area contributed by atoms with Gasteiger partial charge in [-0.05, 0) is 11.8 Å². The number of carbonyl (C=O) groups is 2. The highest BCUT2D eigenvalue weighted by Gasteiger charge is 2.30. The van der Waals surface area contributed by atoms with Crippen LogP contribution in [0.3, 0.4) is 0 Å². The number of rotatable bonds is 7. The lowest BCUT2D eigenvalue weighted by Gasteiger charge is -2.22. The Balaban J connectivity index is 4.71. The summed E-state index contributed by atoms with van der Waals surface area (Å²) in [5.74, 6) is -2.17. The van der Waals surface area contributed by atoms with E-state index in [0.717, 1.165) is 0 Å². The largest absolute Gasteiger partial charge is 0.480 e. The topological polar surface area (TPSA) is 95.8 Å². The van der Waals surface area contributed by atoms with Crippen LogP contribution in [0.4, 0.5) is 0 Å². The molecule has 0 fully saturated rings. The minimum absolute atomic E-state index is 0.198. The molecule has 0 spiro atoms. The second kappa shape index (κ2) is 6.98. The molecule has 0 aliphatic rings. The summed E-state index contributed by atoms with van der Waals surface area (Å²) in [5, 5.41) is 14.1. The van der Waals surface area contributed by atoms with Gasteiger partial charge in [0.05, 0.1) is 0 Å². The maximum absolute atomic E-state index is 11.7. The van der Waals surface area contributed by atoms with Crippen molar-refractivity contribution in [3.8, 4) is 0 Å². The summed E-state index contributed by atoms with van der Waals surface area (Å²) in [6.45, 7) is 6.94. The van der Waals surface area contributed by atoms with E-state index in [1.807, 2.05) is 6.92 Å². The Morgan fingerprint density at radius 3 is 2.12 bits per heavy atom. The lowest BCUT2D eigenvalue weighted by Crippen LogP contribution is -2.49. The highest BCUT2D eigenvalue weighted by atomic mass is 16.4. The van der Waals surface area contributed by atoms with Crippen molar-refractivity contribution >= 4 is 11.9 Å². The van der Waals surface area contributed by atoms with E-state index in [1.54, 1.807) is 20.8 Å². The number of nitroso groups, excluding NO2 is 1. The van der Waals surface area contributed by atoms with Gasteiger partial charge in [-0.15, -0.1) is 4.91 Å². The molecule has 1 amide bonds. The molecule has 0 aromatic carbocycles. The van der Waals surface area contributed by atoms with Gasteiger partial charge < -0.3 is 10.4 Å². The van der Waals surface area contributed by atoms with Crippen LogP contribution in [-0.2, 0) is 9.59 Å². The number of nitrogens with one attached hydrogen (secondary N) is 1. The number of aliphatic carboxylic acids is 1. The molecule has 0 aliphatic carbocycles. The molecule has 6 nitrogen and oxygen atoms in total. The van der Waals surface area contributed by atoms with Crippen molar-refractivity contribution < 1.29 is 14.7 Å². The summed E-state index contributed by atoms with van der Waals surface area (Å²) in [7, 11) is 0. The summed E-state index contributed by atoms with van der Waals surface area (Å²) < 4.78 is 0. The zero-order valence-electron chi connectivity index (χ0n) is 10.6. The number of amides is 1. The molecule has 0 aliphatic heterocycles. The monoisotopic (exact) mass is 244 g/mol. The molecule has 98 valence electrons. The molecule has 0 bridgehead atoms. The van der Waals surface area contributed by atoms with Gasteiger partial charge in [-0.2, -0.15) is 0 Å². The van der Waals surface area contributed by atoms with E-state index >= 15 is 0 Å². The molecule has 6 heteroatoms. The Kier molecular flexibility index (Phi) is 6.38. The van der Waals surface area contributed by atoms with Gasteiger partial charge >= 0.3 is 5.97 Å². The fourth-order valence-electron chi connectivity index (χ4n) is 1.39. The van der Waals surface area contributed by atoms with Crippen LogP contribution >= 0.6 is 0 Å². The maximum Gasteiger partial charge on any atom is 0.326 e. The first-order valence-electron chi connectivity index (χ1n) is 5.70. The van der Waals surface area contributed by atoms with Crippen LogP contribution in [-0.4, -0.2) is 29.1 Å². The predicted octanol–water partition coefficient (Wildman–Crippen LogP) is 1.39. The maximum atomic E-state index is 11.7. The van der Waals surface area contributed by atoms with Crippen molar-refractivity contribution in [2.24, 2.45) is 17.0 Å². The third kappa shape index (κ3) is 4.50. The van der Waals surface area contributed by atoms with Gasteiger partial charge in [-0.1, -0.05) is 39.3 Å². The lowest BCUT2D eigenvalue weighted by molar-refractivity contribution is -0.143. The molecule has 0 heterocycles. The van der Waals surface area contributed by atoms with Gasteiger partial charge in [0.2, 0.25) is 5.91 Å². The van der Waals surface area contributed by atoms with Gasteiger partial charge in [0.15, 0.2) is 6.04 Å². The summed E-state index contributed by atoms with van der Waals surface area (Å²) in [6.07, 6.45) is 0.623. The molecule has 0 aromatic rings. The molecule has 2 N–H and O–H groups in total. The van der Waals surface area contributed by atoms with Crippen molar-refractivity contribution in [2.45, 2.75) is 46.2 Å². The number of carbonyl (C=O) groups excluding carboxylic acids is 1. The second-order valence-electron chi connectivity index (χ2n) is 4.50. The Hall–Kier alpha value is -1.46. The van der Waals surface area contributed by atoms with E-state index in [4.69, 9.17) is 5.11 Å². The van der Waals surface area contributed by atoms with Crippen LogP contribution in [0.25, 0.3) is 0 Å². The zero-order valence-corrected chi connectivity index (χ0v) is 10.6. The summed E-state index contributed by atoms with van der Waals surface area (Å²) in [4.78, 5) is 33.2. The number of nitrogens with zero attached hydrogens (tertiary/aromatic N) is 1. The first-order chi connectivity index (χ1) is 7.84. The van der Waals surface area contributed by atoms with Crippen molar-refractivity contribution in [2.75, 3.05) is 0 Å². The normalized spacial score (nSPS) is 16.1. The van der Waals surface area contributed by atoms with Crippen LogP contribution in [0.2, 0.25) is 0 Å². The van der Waals surface area contributed by atoms with E-state index in [9.17, 15) is 14.5 Å². The highest BCUT2D eigenvalue weighted by Crippen LogP contribution is 2.11. The summed E-state index contributed by atoms with van der Waals surface area (Å²) >= 11 is 0. The average Bonchev–Trinajstić information content (AvgIpc) is 2.24. The van der Waals surface area contributed by atoms with Crippen LogP contribution in [0.5, 0.6) is 0 Å². The van der Waals surface area contributed by atoms with Gasteiger partial charge in [0.1, 0.15) is 6.04 Å². The SMILES string of the molecule is CC[C@H](C)[C@H](NC(=O)[C@@H](N=O)C(C)C)C(=O)O. The number of carboxylic acid groups (broad SMARTS) is 1. The Bertz CT molecular complexity index is 291. The second-order valence-corrected chi connectivity index (χ2v) is 4.50. The Morgan fingerprint density at radius 1 is 1.29 bits per heavy atom. The molecule has 3 atom stereocenters. The van der Waals surface area contributed by atoms with Crippen molar-refractivity contribution in [3.63, 3.8) is 0 Å². The van der Waals surface area contributed by atoms with Crippen molar-refractivity contribution in [1.82, 2.24) is 5.32 Å². The summed E-state index contributed by atoms with van der Waals surface area (Å²) in [5.41, 5.74) is 0. The first-order valence-corrected chi connectivity index (χ1v) is 5.70. The van der Waals surface area contributed by atoms with Crippen LogP contribution in [0, 0.1) is 16.7 Å². The first kappa shape index (κ1) is 15.5. The number of hydrogen-bond acceptors (Lipinski definition) is 4. The zero-order chi connectivity index (χ0) is 13.6. The number of carboxylic acids is 1. The van der Waals surface area contributed by atoms with Gasteiger partial charge in [-0.3, -0.25) is 4.79 Å². The molecule has 0 saturated heterocycles. The quantitative estimate of drug-likeness (QED) is 0.661. The Labute approximate surface area is 101 Å². The standard InChI is InChI=1S/C11H20N2O4/c1-5-7(4)9(11(15)16)12-10(14)8(13-17)6(2)3/h6-9H,5H2,1-4H3,(H,12,14)(H,15,16)/t7-,8-,9-/m0/s1. The van der Waals surface area contributed by atoms with Gasteiger partial charge in [-0.25, -0.2) is 4.79 Å². The minimum Gasteiger partial charge on any atom is -0.480 e. The van der Waals surface area contributed by atoms with E-state index in [-0.39, 0.29) is 11.8 Å². The smallest absolute Gasteiger partial charge is 0.326 e. The van der Waals surface area contributed by atoms with Crippen molar-refractivity contribution in [1.29, 1.82) is 0 Å². The van der Waals surface area contributed by atoms with E-state index < -0.39 is 24.0 Å². The third-order valence-corrected chi connectivity index (χ3v) is 2.79. The summed E-state index contributed by atoms with van der Waals surface area (Å²) in [6, 6.07) is -2.02. The van der Waals surface area contributed by atoms with Gasteiger partial charge in [0, 0.05) is 0 Å². The Morgan fingerprint density at radius 2 is 1.82 bits per heavy atom. The van der Waals surface area contributed by atoms with Crippen LogP contribution in [0.1, 0.15) is 34.1 Å². The fraction of sp³-hybridized carbons (Fsp3) is 0.818. The van der Waals surface area contributed by atoms with E-state index in [2.05, 4.69) is 10.5 Å². The predicted molar refractivity (Wildman–Crippen MR) is 63.4 cm³/mol. The molecular weight excluding hydrogens is 224 g/mol. The third-order valence-electron chi connectivity index (χ3n) is 2.79. The van der Waals surface area contributed by atoms with E-state index in [0.29, 0.717) is 6.42 Å². The van der Waals surface area contributed by atoms with Crippen LogP contribution < -0.4 is 5.32 Å². The average molecular weight is 244 g/mol. The molecule has 0 saturated carbocycles. The molecular formula is C11H20N2O4. The highest BCUT2D eigenvalue weighted by molar-refractivity contribution is 5.87. The molecule has 17 heavy (non-hydrogen) atoms. The van der Waals surface area contributed by atoms with Crippen molar-refractivity contribution in [3.05, 3.63) is 4.91 Å². The fourth-order valence-corrected chi connectivity index (χ4v) is 1.39. The molecule has 0 radical (unpaired) electrons. The minimum atomic E-state index is -1.10. The van der Waals surface area contributed by atoms with E-state index in [1.165, 1.54) is 0 Å². The molecule has 0 rings (SSSR count). The molecule has 0 unspecified atom stereocenters. The number of hydrogen-bond donors (Lipinski definition) is 2.